The molecule has 0 heterocycles. The van der Waals surface area contributed by atoms with E-state index in [0.717, 1.165) is 5.56 Å². The molecule has 0 unspecified atom stereocenters. The molecule has 5 aromatic carbocycles. The van der Waals surface area contributed by atoms with Gasteiger partial charge in [-0.1, -0.05) is 92.8 Å². The van der Waals surface area contributed by atoms with Crippen LogP contribution in [0.2, 0.25) is 40.2 Å². The number of esters is 5. The summed E-state index contributed by atoms with van der Waals surface area (Å²) in [5.74, 6) is -1.84. The second kappa shape index (κ2) is 30.5. The van der Waals surface area contributed by atoms with Gasteiger partial charge in [-0.3, -0.25) is 0 Å². The lowest BCUT2D eigenvalue weighted by atomic mass is 10.1. The van der Waals surface area contributed by atoms with Crippen LogP contribution in [-0.2, 0) is 23.7 Å². The van der Waals surface area contributed by atoms with Gasteiger partial charge in [0.1, 0.15) is 11.3 Å². The summed E-state index contributed by atoms with van der Waals surface area (Å²) in [6, 6.07) is 15.6. The molecule has 0 amide bonds. The van der Waals surface area contributed by atoms with Gasteiger partial charge < -0.3 is 28.4 Å². The number of methoxy groups -OCH3 is 6. The van der Waals surface area contributed by atoms with Gasteiger partial charge >= 0.3 is 29.8 Å². The van der Waals surface area contributed by atoms with E-state index in [1.54, 1.807) is 36.4 Å². The van der Waals surface area contributed by atoms with Crippen molar-refractivity contribution in [2.24, 2.45) is 0 Å². The molecule has 0 atom stereocenters. The molecule has 0 bridgehead atoms. The minimum atomic E-state index is -0.484. The first-order chi connectivity index (χ1) is 30.8. The zero-order chi connectivity index (χ0) is 50.7. The van der Waals surface area contributed by atoms with Crippen molar-refractivity contribution in [2.75, 3.05) is 42.7 Å². The molecular formula is C42H31Br5Cl8O11. The molecule has 356 valence electrons. The van der Waals surface area contributed by atoms with Crippen LogP contribution in [0.15, 0.2) is 83.0 Å². The Bertz CT molecular complexity index is 2450. The Morgan fingerprint density at radius 2 is 0.818 bits per heavy atom. The van der Waals surface area contributed by atoms with Gasteiger partial charge in [0.25, 0.3) is 0 Å². The highest BCUT2D eigenvalue weighted by Gasteiger charge is 2.17. The quantitative estimate of drug-likeness (QED) is 0.0694. The maximum absolute atomic E-state index is 11.3. The van der Waals surface area contributed by atoms with E-state index in [9.17, 15) is 24.0 Å². The highest BCUT2D eigenvalue weighted by Crippen LogP contribution is 2.35. The van der Waals surface area contributed by atoms with E-state index >= 15 is 0 Å². The highest BCUT2D eigenvalue weighted by atomic mass is 79.9. The lowest BCUT2D eigenvalue weighted by Gasteiger charge is -2.08. The average Bonchev–Trinajstić information content (AvgIpc) is 3.30. The van der Waals surface area contributed by atoms with Crippen LogP contribution in [0.1, 0.15) is 57.4 Å². The van der Waals surface area contributed by atoms with Crippen LogP contribution in [0.3, 0.4) is 0 Å². The molecule has 0 aromatic heterocycles. The summed E-state index contributed by atoms with van der Waals surface area (Å²) >= 11 is 62.3. The maximum atomic E-state index is 11.3. The molecule has 0 saturated heterocycles. The predicted molar refractivity (Wildman–Crippen MR) is 279 cm³/mol. The number of ether oxygens (including phenoxy) is 6. The summed E-state index contributed by atoms with van der Waals surface area (Å²) in [5.41, 5.74) is 2.63. The number of carbonyl (C=O) groups is 5. The van der Waals surface area contributed by atoms with E-state index in [4.69, 9.17) is 97.5 Å². The molecule has 0 N–H and O–H groups in total. The zero-order valence-corrected chi connectivity index (χ0v) is 48.7. The summed E-state index contributed by atoms with van der Waals surface area (Å²) in [5, 5.41) is 3.25. The Morgan fingerprint density at radius 3 is 1.27 bits per heavy atom. The Kier molecular flexibility index (Phi) is 28.7. The fourth-order valence-corrected chi connectivity index (χ4v) is 7.97. The van der Waals surface area contributed by atoms with Crippen molar-refractivity contribution in [2.45, 2.75) is 6.92 Å². The smallest absolute Gasteiger partial charge is 0.341 e. The number of hydrogen-bond donors (Lipinski definition) is 0. The van der Waals surface area contributed by atoms with E-state index in [1.165, 1.54) is 66.9 Å². The summed E-state index contributed by atoms with van der Waals surface area (Å²) in [6.45, 7) is 1.83. The van der Waals surface area contributed by atoms with Crippen molar-refractivity contribution < 1.29 is 52.4 Å². The van der Waals surface area contributed by atoms with Crippen molar-refractivity contribution in [3.63, 3.8) is 0 Å². The second-order valence-electron chi connectivity index (χ2n) is 11.7. The first kappa shape index (κ1) is 62.0. The van der Waals surface area contributed by atoms with E-state index in [-0.39, 0.29) is 16.0 Å². The molecule has 5 aromatic rings. The minimum Gasteiger partial charge on any atom is -0.496 e. The molecule has 0 aliphatic rings. The third-order valence-electron chi connectivity index (χ3n) is 7.54. The van der Waals surface area contributed by atoms with E-state index in [2.05, 4.69) is 103 Å². The lowest BCUT2D eigenvalue weighted by Crippen LogP contribution is -2.04. The van der Waals surface area contributed by atoms with Crippen LogP contribution in [0.5, 0.6) is 5.75 Å². The van der Waals surface area contributed by atoms with E-state index < -0.39 is 23.9 Å². The largest absolute Gasteiger partial charge is 0.496 e. The number of benzene rings is 5. The number of hydrogen-bond acceptors (Lipinski definition) is 11. The van der Waals surface area contributed by atoms with Gasteiger partial charge in [0, 0.05) is 24.0 Å². The average molecular weight is 1390 g/mol. The normalized spacial score (nSPS) is 9.82. The van der Waals surface area contributed by atoms with Crippen molar-refractivity contribution in [3.8, 4) is 5.75 Å². The second-order valence-corrected chi connectivity index (χ2v) is 19.1. The molecular weight excluding hydrogens is 1360 g/mol. The molecule has 5 rings (SSSR count). The summed E-state index contributed by atoms with van der Waals surface area (Å²) < 4.78 is 30.8. The van der Waals surface area contributed by atoms with Crippen molar-refractivity contribution in [1.29, 1.82) is 0 Å². The Hall–Kier alpha value is -2.03. The fraction of sp³-hybridized carbons (Fsp3) is 0.167. The van der Waals surface area contributed by atoms with Crippen molar-refractivity contribution in [1.82, 2.24) is 0 Å². The Labute approximate surface area is 461 Å². The van der Waals surface area contributed by atoms with Gasteiger partial charge in [-0.05, 0) is 147 Å². The van der Waals surface area contributed by atoms with Crippen LogP contribution in [-0.4, -0.2) is 72.5 Å². The van der Waals surface area contributed by atoms with E-state index in [0.29, 0.717) is 86.1 Å². The lowest BCUT2D eigenvalue weighted by molar-refractivity contribution is 0.0588. The molecule has 66 heavy (non-hydrogen) atoms. The highest BCUT2D eigenvalue weighted by molar-refractivity contribution is 9.11. The molecule has 0 aliphatic heterocycles. The predicted octanol–water partition coefficient (Wildman–Crippen LogP) is 16.7. The monoisotopic (exact) mass is 1390 g/mol. The molecule has 0 aliphatic carbocycles. The molecule has 24 heteroatoms. The van der Waals surface area contributed by atoms with Gasteiger partial charge in [-0.2, -0.15) is 0 Å². The van der Waals surface area contributed by atoms with Gasteiger partial charge in [0.2, 0.25) is 0 Å². The van der Waals surface area contributed by atoms with Crippen molar-refractivity contribution in [3.05, 3.63) is 157 Å². The Morgan fingerprint density at radius 1 is 0.394 bits per heavy atom. The van der Waals surface area contributed by atoms with Crippen LogP contribution >= 0.6 is 172 Å². The molecule has 0 saturated carbocycles. The molecule has 0 spiro atoms. The van der Waals surface area contributed by atoms with Crippen LogP contribution < -0.4 is 4.74 Å². The number of aryl methyl sites for hydroxylation is 1. The number of halogens is 13. The maximum Gasteiger partial charge on any atom is 0.341 e. The van der Waals surface area contributed by atoms with Crippen LogP contribution in [0.4, 0.5) is 0 Å². The zero-order valence-electron chi connectivity index (χ0n) is 34.7. The summed E-state index contributed by atoms with van der Waals surface area (Å²) in [4.78, 5) is 55.8. The van der Waals surface area contributed by atoms with Gasteiger partial charge in [0.15, 0.2) is 0 Å². The fourth-order valence-electron chi connectivity index (χ4n) is 4.30. The standard InChI is InChI=1S/C9H8BrClO3.C9H8BrClO2.3C8H5BrCl2O2/c1-13-8-4-7(11)6(10)3-5(8)9(12)14-2;1-5-3-6(9(12)13-2)4-7(10)8(5)11;1-13-8(12)4-2-5(9)7(11)3-6(4)10;1-13-8(12)4-2-5(9)7(11)6(10)3-4;1-13-8(12)4-2-3-5(10)6(9)7(4)11/h3-4H,1-2H3;3-4H,1-2H3;3*2-3H,1H3. The SMILES string of the molecule is COC(=O)c1cc(Br)c(Cl)cc1Cl.COC(=O)c1cc(Br)c(Cl)cc1OC.COC(=O)c1cc(C)c(Cl)c(Br)c1.COC(=O)c1cc(Cl)c(Cl)c(Br)c1.COC(=O)c1ccc(Cl)c(Br)c1Cl. The minimum absolute atomic E-state index is 0.263. The first-order valence-corrected chi connectivity index (χ1v) is 24.2. The van der Waals surface area contributed by atoms with Gasteiger partial charge in [0.05, 0.1) is 110 Å². The molecule has 11 nitrogen and oxygen atoms in total. The third kappa shape index (κ3) is 18.7. The Balaban J connectivity index is 0.000000413. The van der Waals surface area contributed by atoms with Gasteiger partial charge in [-0.15, -0.1) is 0 Å². The summed E-state index contributed by atoms with van der Waals surface area (Å²) in [6.07, 6.45) is 0. The number of carbonyl (C=O) groups excluding carboxylic acids is 5. The van der Waals surface area contributed by atoms with Crippen LogP contribution in [0.25, 0.3) is 0 Å². The third-order valence-corrected chi connectivity index (χ3v) is 15.2. The van der Waals surface area contributed by atoms with Gasteiger partial charge in [-0.25, -0.2) is 24.0 Å². The summed E-state index contributed by atoms with van der Waals surface area (Å²) in [7, 11) is 8.01. The van der Waals surface area contributed by atoms with Crippen LogP contribution in [0, 0.1) is 6.92 Å². The topological polar surface area (TPSA) is 141 Å². The van der Waals surface area contributed by atoms with Crippen molar-refractivity contribution >= 4 is 202 Å². The molecule has 0 radical (unpaired) electrons. The molecule has 0 fully saturated rings. The number of rotatable bonds is 6. The van der Waals surface area contributed by atoms with E-state index in [1.807, 2.05) is 6.92 Å². The first-order valence-electron chi connectivity index (χ1n) is 17.2.